The highest BCUT2D eigenvalue weighted by Gasteiger charge is 2.24. The van der Waals surface area contributed by atoms with Crippen LogP contribution in [0.5, 0.6) is 5.75 Å². The van der Waals surface area contributed by atoms with E-state index in [2.05, 4.69) is 4.72 Å². The van der Waals surface area contributed by atoms with Crippen molar-refractivity contribution < 1.29 is 17.9 Å². The number of aryl methyl sites for hydroxylation is 1. The zero-order chi connectivity index (χ0) is 18.7. The topological polar surface area (TPSA) is 75.7 Å². The molecule has 0 radical (unpaired) electrons. The number of sulfonamides is 1. The Morgan fingerprint density at radius 1 is 1.19 bits per heavy atom. The Bertz CT molecular complexity index is 925. The Hall–Kier alpha value is -2.38. The number of carbonyl (C=O) groups excluding carboxylic acids is 1. The lowest BCUT2D eigenvalue weighted by atomic mass is 10.2. The molecule has 0 spiro atoms. The largest absolute Gasteiger partial charge is 0.497 e. The van der Waals surface area contributed by atoms with E-state index in [4.69, 9.17) is 4.74 Å². The Kier molecular flexibility index (Phi) is 5.29. The Morgan fingerprint density at radius 3 is 2.65 bits per heavy atom. The molecule has 138 valence electrons. The third kappa shape index (κ3) is 3.89. The zero-order valence-corrected chi connectivity index (χ0v) is 15.7. The average Bonchev–Trinajstić information content (AvgIpc) is 3.06. The first-order chi connectivity index (χ1) is 12.4. The number of nitrogens with zero attached hydrogens (tertiary/aromatic N) is 1. The molecule has 1 amide bonds. The predicted octanol–water partition coefficient (Wildman–Crippen LogP) is 2.61. The van der Waals surface area contributed by atoms with Crippen molar-refractivity contribution in [2.45, 2.75) is 31.2 Å². The maximum Gasteiger partial charge on any atom is 0.240 e. The molecular formula is C19H22N2O4S. The van der Waals surface area contributed by atoms with Gasteiger partial charge < -0.3 is 9.64 Å². The smallest absolute Gasteiger partial charge is 0.240 e. The number of ether oxygens (including phenoxy) is 1. The monoisotopic (exact) mass is 374 g/mol. The first-order valence-corrected chi connectivity index (χ1v) is 9.92. The Morgan fingerprint density at radius 2 is 2.00 bits per heavy atom. The Balaban J connectivity index is 1.76. The van der Waals surface area contributed by atoms with E-state index in [1.807, 2.05) is 19.1 Å². The number of anilines is 1. The zero-order valence-electron chi connectivity index (χ0n) is 14.9. The molecule has 3 rings (SSSR count). The third-order valence-electron chi connectivity index (χ3n) is 4.44. The summed E-state index contributed by atoms with van der Waals surface area (Å²) in [4.78, 5) is 13.8. The third-order valence-corrected chi connectivity index (χ3v) is 5.84. The summed E-state index contributed by atoms with van der Waals surface area (Å²) in [7, 11) is -2.08. The van der Waals surface area contributed by atoms with Crippen LogP contribution in [0, 0.1) is 6.92 Å². The van der Waals surface area contributed by atoms with Crippen LogP contribution >= 0.6 is 0 Å². The SMILES string of the molecule is COc1cccc(CNS(=O)(=O)c2ccc(N3CCCC3=O)c(C)c2)c1. The molecule has 0 aromatic heterocycles. The quantitative estimate of drug-likeness (QED) is 0.843. The summed E-state index contributed by atoms with van der Waals surface area (Å²) < 4.78 is 32.9. The molecule has 26 heavy (non-hydrogen) atoms. The van der Waals surface area contributed by atoms with Gasteiger partial charge in [-0.25, -0.2) is 13.1 Å². The van der Waals surface area contributed by atoms with Gasteiger partial charge in [0.15, 0.2) is 0 Å². The first kappa shape index (κ1) is 18.4. The molecule has 0 aliphatic carbocycles. The van der Waals surface area contributed by atoms with Crippen LogP contribution in [-0.2, 0) is 21.4 Å². The fourth-order valence-corrected chi connectivity index (χ4v) is 4.15. The number of rotatable bonds is 6. The fraction of sp³-hybridized carbons (Fsp3) is 0.316. The van der Waals surface area contributed by atoms with Gasteiger partial charge in [0.05, 0.1) is 12.0 Å². The van der Waals surface area contributed by atoms with E-state index in [-0.39, 0.29) is 17.3 Å². The molecule has 1 saturated heterocycles. The summed E-state index contributed by atoms with van der Waals surface area (Å²) in [5, 5.41) is 0. The van der Waals surface area contributed by atoms with Crippen molar-refractivity contribution in [1.29, 1.82) is 0 Å². The van der Waals surface area contributed by atoms with Crippen molar-refractivity contribution in [3.8, 4) is 5.75 Å². The molecular weight excluding hydrogens is 352 g/mol. The summed E-state index contributed by atoms with van der Waals surface area (Å²) in [6.07, 6.45) is 1.38. The van der Waals surface area contributed by atoms with E-state index >= 15 is 0 Å². The van der Waals surface area contributed by atoms with E-state index in [1.54, 1.807) is 42.3 Å². The molecule has 2 aromatic rings. The van der Waals surface area contributed by atoms with Crippen molar-refractivity contribution in [2.75, 3.05) is 18.6 Å². The van der Waals surface area contributed by atoms with Gasteiger partial charge in [-0.15, -0.1) is 0 Å². The maximum absolute atomic E-state index is 12.6. The number of hydrogen-bond donors (Lipinski definition) is 1. The van der Waals surface area contributed by atoms with Crippen molar-refractivity contribution in [2.24, 2.45) is 0 Å². The number of methoxy groups -OCH3 is 1. The van der Waals surface area contributed by atoms with Crippen LogP contribution in [0.1, 0.15) is 24.0 Å². The lowest BCUT2D eigenvalue weighted by Gasteiger charge is -2.19. The molecule has 1 aliphatic rings. The minimum Gasteiger partial charge on any atom is -0.497 e. The summed E-state index contributed by atoms with van der Waals surface area (Å²) in [6.45, 7) is 2.67. The van der Waals surface area contributed by atoms with Gasteiger partial charge in [-0.1, -0.05) is 12.1 Å². The lowest BCUT2D eigenvalue weighted by Crippen LogP contribution is -2.26. The fourth-order valence-electron chi connectivity index (χ4n) is 3.04. The number of benzene rings is 2. The normalized spacial score (nSPS) is 14.7. The number of carbonyl (C=O) groups is 1. The van der Waals surface area contributed by atoms with Gasteiger partial charge >= 0.3 is 0 Å². The van der Waals surface area contributed by atoms with Gasteiger partial charge in [-0.2, -0.15) is 0 Å². The molecule has 1 aliphatic heterocycles. The molecule has 7 heteroatoms. The summed E-state index contributed by atoms with van der Waals surface area (Å²) in [6, 6.07) is 12.1. The Labute approximate surface area is 153 Å². The van der Waals surface area contributed by atoms with Gasteiger partial charge in [-0.05, 0) is 54.8 Å². The maximum atomic E-state index is 12.6. The van der Waals surface area contributed by atoms with Crippen LogP contribution in [0.2, 0.25) is 0 Å². The van der Waals surface area contributed by atoms with Gasteiger partial charge in [0.2, 0.25) is 15.9 Å². The molecule has 0 saturated carbocycles. The van der Waals surface area contributed by atoms with Crippen LogP contribution in [0.3, 0.4) is 0 Å². The molecule has 0 unspecified atom stereocenters. The second kappa shape index (κ2) is 7.47. The van der Waals surface area contributed by atoms with E-state index in [1.165, 1.54) is 0 Å². The van der Waals surface area contributed by atoms with Gasteiger partial charge in [0, 0.05) is 25.2 Å². The molecule has 1 fully saturated rings. The van der Waals surface area contributed by atoms with E-state index < -0.39 is 10.0 Å². The molecule has 2 aromatic carbocycles. The summed E-state index contributed by atoms with van der Waals surface area (Å²) >= 11 is 0. The summed E-state index contributed by atoms with van der Waals surface area (Å²) in [5.41, 5.74) is 2.35. The van der Waals surface area contributed by atoms with E-state index in [0.29, 0.717) is 18.7 Å². The highest BCUT2D eigenvalue weighted by molar-refractivity contribution is 7.89. The highest BCUT2D eigenvalue weighted by atomic mass is 32.2. The highest BCUT2D eigenvalue weighted by Crippen LogP contribution is 2.27. The van der Waals surface area contributed by atoms with Crippen LogP contribution in [0.15, 0.2) is 47.4 Å². The van der Waals surface area contributed by atoms with E-state index in [9.17, 15) is 13.2 Å². The standard InChI is InChI=1S/C19H22N2O4S/c1-14-11-17(8-9-18(14)21-10-4-7-19(21)22)26(23,24)20-13-15-5-3-6-16(12-15)25-2/h3,5-6,8-9,11-12,20H,4,7,10,13H2,1-2H3. The van der Waals surface area contributed by atoms with Gasteiger partial charge in [0.25, 0.3) is 0 Å². The second-order valence-electron chi connectivity index (χ2n) is 6.27. The van der Waals surface area contributed by atoms with Gasteiger partial charge in [-0.3, -0.25) is 4.79 Å². The van der Waals surface area contributed by atoms with Crippen LogP contribution in [0.25, 0.3) is 0 Å². The molecule has 6 nitrogen and oxygen atoms in total. The molecule has 1 N–H and O–H groups in total. The molecule has 1 heterocycles. The van der Waals surface area contributed by atoms with Crippen LogP contribution < -0.4 is 14.4 Å². The predicted molar refractivity (Wildman–Crippen MR) is 99.8 cm³/mol. The minimum absolute atomic E-state index is 0.0832. The lowest BCUT2D eigenvalue weighted by molar-refractivity contribution is -0.117. The van der Waals surface area contributed by atoms with Crippen molar-refractivity contribution >= 4 is 21.6 Å². The second-order valence-corrected chi connectivity index (χ2v) is 8.04. The number of hydrogen-bond acceptors (Lipinski definition) is 4. The van der Waals surface area contributed by atoms with Crippen molar-refractivity contribution in [1.82, 2.24) is 4.72 Å². The first-order valence-electron chi connectivity index (χ1n) is 8.44. The number of amides is 1. The molecule has 0 atom stereocenters. The number of nitrogens with one attached hydrogen (secondary N) is 1. The molecule has 0 bridgehead atoms. The minimum atomic E-state index is -3.65. The van der Waals surface area contributed by atoms with Crippen LogP contribution in [-0.4, -0.2) is 28.0 Å². The van der Waals surface area contributed by atoms with Crippen molar-refractivity contribution in [3.05, 3.63) is 53.6 Å². The average molecular weight is 374 g/mol. The van der Waals surface area contributed by atoms with Gasteiger partial charge in [0.1, 0.15) is 5.75 Å². The van der Waals surface area contributed by atoms with E-state index in [0.717, 1.165) is 23.2 Å². The van der Waals surface area contributed by atoms with Crippen molar-refractivity contribution in [3.63, 3.8) is 0 Å². The van der Waals surface area contributed by atoms with Crippen LogP contribution in [0.4, 0.5) is 5.69 Å². The summed E-state index contributed by atoms with van der Waals surface area (Å²) in [5.74, 6) is 0.761.